The Balaban J connectivity index is 1.59. The number of amides is 1. The van der Waals surface area contributed by atoms with Gasteiger partial charge >= 0.3 is 5.97 Å². The second-order valence-electron chi connectivity index (χ2n) is 6.05. The van der Waals surface area contributed by atoms with Crippen molar-refractivity contribution in [1.29, 1.82) is 0 Å². The minimum absolute atomic E-state index is 0.0608. The molecule has 0 saturated carbocycles. The van der Waals surface area contributed by atoms with Crippen molar-refractivity contribution in [1.82, 2.24) is 4.98 Å². The number of ether oxygens (including phenoxy) is 1. The lowest BCUT2D eigenvalue weighted by Gasteiger charge is -2.08. The third-order valence-corrected chi connectivity index (χ3v) is 4.59. The maximum absolute atomic E-state index is 12.4. The maximum atomic E-state index is 12.4. The van der Waals surface area contributed by atoms with Crippen LogP contribution in [0.4, 0.5) is 5.69 Å². The van der Waals surface area contributed by atoms with Gasteiger partial charge in [-0.25, -0.2) is 9.78 Å². The SMILES string of the molecule is Cc1cc(NC(=O)c2ccc(COC(=O)c3cc(Cl)ccn3)cc2)ccc1Cl. The summed E-state index contributed by atoms with van der Waals surface area (Å²) in [6.45, 7) is 1.93. The highest BCUT2D eigenvalue weighted by Gasteiger charge is 2.11. The topological polar surface area (TPSA) is 68.3 Å². The van der Waals surface area contributed by atoms with Crippen molar-refractivity contribution in [2.75, 3.05) is 5.32 Å². The van der Waals surface area contributed by atoms with Gasteiger partial charge in [-0.3, -0.25) is 4.79 Å². The number of aromatic nitrogens is 1. The van der Waals surface area contributed by atoms with E-state index in [9.17, 15) is 9.59 Å². The van der Waals surface area contributed by atoms with Crippen LogP contribution in [-0.4, -0.2) is 16.9 Å². The van der Waals surface area contributed by atoms with E-state index in [1.165, 1.54) is 12.3 Å². The highest BCUT2D eigenvalue weighted by atomic mass is 35.5. The standard InChI is InChI=1S/C21H16Cl2N2O3/c1-13-10-17(6-7-18(13)23)25-20(26)15-4-2-14(3-5-15)12-28-21(27)19-11-16(22)8-9-24-19/h2-11H,12H2,1H3,(H,25,26). The van der Waals surface area contributed by atoms with Crippen LogP contribution in [0.3, 0.4) is 0 Å². The van der Waals surface area contributed by atoms with Gasteiger partial charge in [-0.15, -0.1) is 0 Å². The van der Waals surface area contributed by atoms with Gasteiger partial charge in [0.2, 0.25) is 0 Å². The van der Waals surface area contributed by atoms with E-state index in [-0.39, 0.29) is 18.2 Å². The molecule has 0 bridgehead atoms. The molecule has 142 valence electrons. The van der Waals surface area contributed by atoms with Crippen LogP contribution in [-0.2, 0) is 11.3 Å². The lowest BCUT2D eigenvalue weighted by Crippen LogP contribution is -2.12. The number of hydrogen-bond donors (Lipinski definition) is 1. The first-order valence-electron chi connectivity index (χ1n) is 8.37. The maximum Gasteiger partial charge on any atom is 0.357 e. The van der Waals surface area contributed by atoms with E-state index >= 15 is 0 Å². The van der Waals surface area contributed by atoms with E-state index in [2.05, 4.69) is 10.3 Å². The number of esters is 1. The van der Waals surface area contributed by atoms with Gasteiger partial charge in [-0.05, 0) is 60.5 Å². The van der Waals surface area contributed by atoms with Crippen molar-refractivity contribution in [3.8, 4) is 0 Å². The molecule has 2 aromatic carbocycles. The van der Waals surface area contributed by atoms with E-state index in [0.29, 0.717) is 21.3 Å². The number of nitrogens with zero attached hydrogens (tertiary/aromatic N) is 1. The Kier molecular flexibility index (Phi) is 6.29. The molecule has 5 nitrogen and oxygen atoms in total. The number of aryl methyl sites for hydroxylation is 1. The zero-order valence-electron chi connectivity index (χ0n) is 14.9. The van der Waals surface area contributed by atoms with E-state index in [1.54, 1.807) is 48.5 Å². The summed E-state index contributed by atoms with van der Waals surface area (Å²) in [5.41, 5.74) is 2.92. The molecule has 0 radical (unpaired) electrons. The molecule has 0 fully saturated rings. The second-order valence-corrected chi connectivity index (χ2v) is 6.89. The normalized spacial score (nSPS) is 10.4. The summed E-state index contributed by atoms with van der Waals surface area (Å²) in [6.07, 6.45) is 1.44. The number of carbonyl (C=O) groups is 2. The number of anilines is 1. The number of carbonyl (C=O) groups excluding carboxylic acids is 2. The number of benzene rings is 2. The Hall–Kier alpha value is -2.89. The summed E-state index contributed by atoms with van der Waals surface area (Å²) in [5.74, 6) is -0.809. The number of rotatable bonds is 5. The van der Waals surface area contributed by atoms with Gasteiger partial charge < -0.3 is 10.1 Å². The Bertz CT molecular complexity index is 1020. The number of nitrogens with one attached hydrogen (secondary N) is 1. The Morgan fingerprint density at radius 2 is 1.79 bits per heavy atom. The molecular formula is C21H16Cl2N2O3. The largest absolute Gasteiger partial charge is 0.456 e. The number of pyridine rings is 1. The fourth-order valence-electron chi connectivity index (χ4n) is 2.42. The average Bonchev–Trinajstić information content (AvgIpc) is 2.69. The molecule has 0 spiro atoms. The Labute approximate surface area is 172 Å². The van der Waals surface area contributed by atoms with E-state index in [1.807, 2.05) is 6.92 Å². The molecule has 0 atom stereocenters. The molecule has 0 aliphatic rings. The van der Waals surface area contributed by atoms with Gasteiger partial charge in [0.05, 0.1) is 0 Å². The summed E-state index contributed by atoms with van der Waals surface area (Å²) in [4.78, 5) is 28.3. The van der Waals surface area contributed by atoms with Crippen LogP contribution in [0.5, 0.6) is 0 Å². The molecule has 1 heterocycles. The molecule has 0 aliphatic carbocycles. The molecule has 0 unspecified atom stereocenters. The van der Waals surface area contributed by atoms with Gasteiger partial charge in [0.1, 0.15) is 12.3 Å². The second kappa shape index (κ2) is 8.87. The smallest absolute Gasteiger partial charge is 0.357 e. The zero-order valence-corrected chi connectivity index (χ0v) is 16.4. The molecule has 0 saturated heterocycles. The van der Waals surface area contributed by atoms with Crippen LogP contribution >= 0.6 is 23.2 Å². The summed E-state index contributed by atoms with van der Waals surface area (Å²) >= 11 is 11.8. The Morgan fingerprint density at radius 1 is 1.04 bits per heavy atom. The van der Waals surface area contributed by atoms with Crippen LogP contribution in [0, 0.1) is 6.92 Å². The molecular weight excluding hydrogens is 399 g/mol. The van der Waals surface area contributed by atoms with Crippen molar-refractivity contribution >= 4 is 40.8 Å². The average molecular weight is 415 g/mol. The van der Waals surface area contributed by atoms with Crippen molar-refractivity contribution in [2.24, 2.45) is 0 Å². The molecule has 7 heteroatoms. The lowest BCUT2D eigenvalue weighted by molar-refractivity contribution is 0.0465. The number of halogens is 2. The lowest BCUT2D eigenvalue weighted by atomic mass is 10.1. The quantitative estimate of drug-likeness (QED) is 0.574. The third kappa shape index (κ3) is 5.09. The molecule has 3 rings (SSSR count). The zero-order chi connectivity index (χ0) is 20.1. The van der Waals surface area contributed by atoms with Crippen LogP contribution in [0.15, 0.2) is 60.8 Å². The van der Waals surface area contributed by atoms with Gasteiger partial charge in [-0.2, -0.15) is 0 Å². The molecule has 1 amide bonds. The summed E-state index contributed by atoms with van der Waals surface area (Å²) in [6, 6.07) is 15.1. The van der Waals surface area contributed by atoms with Crippen LogP contribution in [0.2, 0.25) is 10.0 Å². The molecule has 28 heavy (non-hydrogen) atoms. The summed E-state index contributed by atoms with van der Waals surface area (Å²) < 4.78 is 5.22. The van der Waals surface area contributed by atoms with Crippen LogP contribution < -0.4 is 5.32 Å². The molecule has 3 aromatic rings. The highest BCUT2D eigenvalue weighted by Crippen LogP contribution is 2.20. The third-order valence-electron chi connectivity index (χ3n) is 3.93. The fraction of sp³-hybridized carbons (Fsp3) is 0.0952. The predicted octanol–water partition coefficient (Wildman–Crippen LogP) is 5.31. The van der Waals surface area contributed by atoms with Gasteiger partial charge in [0.15, 0.2) is 0 Å². The van der Waals surface area contributed by atoms with Crippen LogP contribution in [0.1, 0.15) is 32.0 Å². The van der Waals surface area contributed by atoms with Crippen molar-refractivity contribution in [3.63, 3.8) is 0 Å². The summed E-state index contributed by atoms with van der Waals surface area (Å²) in [7, 11) is 0. The predicted molar refractivity (Wildman–Crippen MR) is 109 cm³/mol. The van der Waals surface area contributed by atoms with Gasteiger partial charge in [0, 0.05) is 27.5 Å². The van der Waals surface area contributed by atoms with Crippen molar-refractivity contribution in [2.45, 2.75) is 13.5 Å². The minimum Gasteiger partial charge on any atom is -0.456 e. The van der Waals surface area contributed by atoms with Crippen molar-refractivity contribution in [3.05, 3.63) is 93.2 Å². The fourth-order valence-corrected chi connectivity index (χ4v) is 2.69. The summed E-state index contributed by atoms with van der Waals surface area (Å²) in [5, 5.41) is 3.87. The first-order valence-corrected chi connectivity index (χ1v) is 9.13. The molecule has 1 N–H and O–H groups in total. The molecule has 1 aromatic heterocycles. The van der Waals surface area contributed by atoms with Crippen LogP contribution in [0.25, 0.3) is 0 Å². The van der Waals surface area contributed by atoms with E-state index < -0.39 is 5.97 Å². The highest BCUT2D eigenvalue weighted by molar-refractivity contribution is 6.31. The first-order chi connectivity index (χ1) is 13.4. The minimum atomic E-state index is -0.567. The van der Waals surface area contributed by atoms with Gasteiger partial charge in [0.25, 0.3) is 5.91 Å². The molecule has 0 aliphatic heterocycles. The van der Waals surface area contributed by atoms with Crippen molar-refractivity contribution < 1.29 is 14.3 Å². The van der Waals surface area contributed by atoms with E-state index in [4.69, 9.17) is 27.9 Å². The first kappa shape index (κ1) is 19.9. The van der Waals surface area contributed by atoms with Gasteiger partial charge in [-0.1, -0.05) is 35.3 Å². The van der Waals surface area contributed by atoms with E-state index in [0.717, 1.165) is 11.1 Å². The monoisotopic (exact) mass is 414 g/mol. The Morgan fingerprint density at radius 3 is 2.46 bits per heavy atom. The number of hydrogen-bond acceptors (Lipinski definition) is 4.